The van der Waals surface area contributed by atoms with E-state index in [1.165, 1.54) is 22.2 Å². The average Bonchev–Trinajstić information content (AvgIpc) is 2.76. The Morgan fingerprint density at radius 3 is 2.39 bits per heavy atom. The lowest BCUT2D eigenvalue weighted by molar-refractivity contribution is 0.217. The Labute approximate surface area is 141 Å². The van der Waals surface area contributed by atoms with Crippen molar-refractivity contribution >= 4 is 10.9 Å². The summed E-state index contributed by atoms with van der Waals surface area (Å²) in [7, 11) is 0. The number of rotatable bonds is 7. The number of fused-ring (bicyclic) bond motifs is 1. The second kappa shape index (κ2) is 7.39. The van der Waals surface area contributed by atoms with E-state index in [0.29, 0.717) is 12.1 Å². The zero-order valence-electron chi connectivity index (χ0n) is 15.7. The van der Waals surface area contributed by atoms with E-state index < -0.39 is 0 Å². The normalized spacial score (nSPS) is 13.3. The molecule has 0 bridgehead atoms. The van der Waals surface area contributed by atoms with Crippen LogP contribution in [0.5, 0.6) is 5.75 Å². The maximum atomic E-state index is 6.03. The molecule has 2 aromatic rings. The fourth-order valence-corrected chi connectivity index (χ4v) is 3.07. The number of hydrogen-bond donors (Lipinski definition) is 1. The molecule has 0 aliphatic heterocycles. The number of aromatic nitrogens is 1. The van der Waals surface area contributed by atoms with E-state index in [1.807, 2.05) is 0 Å². The average molecular weight is 316 g/mol. The van der Waals surface area contributed by atoms with Crippen molar-refractivity contribution in [3.8, 4) is 5.75 Å². The predicted octanol–water partition coefficient (Wildman–Crippen LogP) is 5.21. The highest BCUT2D eigenvalue weighted by atomic mass is 16.5. The van der Waals surface area contributed by atoms with Crippen LogP contribution in [0.3, 0.4) is 0 Å². The highest BCUT2D eigenvalue weighted by molar-refractivity contribution is 5.87. The summed E-state index contributed by atoms with van der Waals surface area (Å²) >= 11 is 0. The molecule has 0 amide bonds. The van der Waals surface area contributed by atoms with Crippen molar-refractivity contribution in [2.75, 3.05) is 0 Å². The first-order valence-corrected chi connectivity index (χ1v) is 8.88. The van der Waals surface area contributed by atoms with E-state index in [4.69, 9.17) is 4.74 Å². The van der Waals surface area contributed by atoms with Crippen LogP contribution >= 0.6 is 0 Å². The maximum Gasteiger partial charge on any atom is 0.120 e. The van der Waals surface area contributed by atoms with Gasteiger partial charge in [0, 0.05) is 35.2 Å². The minimum atomic E-state index is 0.248. The van der Waals surface area contributed by atoms with Crippen LogP contribution in [-0.2, 0) is 6.54 Å². The SMILES string of the molecule is CCC(C)Oc1ccc2c(c1)c(CNC(C)C)c(C)n2C(C)C. The Morgan fingerprint density at radius 2 is 1.83 bits per heavy atom. The van der Waals surface area contributed by atoms with Gasteiger partial charge in [-0.3, -0.25) is 0 Å². The van der Waals surface area contributed by atoms with E-state index in [-0.39, 0.29) is 6.10 Å². The number of nitrogens with zero attached hydrogens (tertiary/aromatic N) is 1. The summed E-state index contributed by atoms with van der Waals surface area (Å²) in [5.74, 6) is 0.971. The van der Waals surface area contributed by atoms with Gasteiger partial charge in [0.2, 0.25) is 0 Å². The quantitative estimate of drug-likeness (QED) is 0.759. The second-order valence-corrected chi connectivity index (χ2v) is 7.08. The number of benzene rings is 1. The van der Waals surface area contributed by atoms with Crippen LogP contribution in [-0.4, -0.2) is 16.7 Å². The molecule has 2 rings (SSSR count). The van der Waals surface area contributed by atoms with Crippen molar-refractivity contribution in [3.05, 3.63) is 29.5 Å². The van der Waals surface area contributed by atoms with Gasteiger partial charge in [-0.1, -0.05) is 20.8 Å². The third-order valence-electron chi connectivity index (χ3n) is 4.47. The summed E-state index contributed by atoms with van der Waals surface area (Å²) in [4.78, 5) is 0. The Balaban J connectivity index is 2.51. The molecule has 0 aliphatic carbocycles. The highest BCUT2D eigenvalue weighted by Gasteiger charge is 2.17. The van der Waals surface area contributed by atoms with Gasteiger partial charge in [0.25, 0.3) is 0 Å². The van der Waals surface area contributed by atoms with E-state index in [1.54, 1.807) is 0 Å². The fourth-order valence-electron chi connectivity index (χ4n) is 3.07. The third kappa shape index (κ3) is 3.89. The van der Waals surface area contributed by atoms with E-state index >= 15 is 0 Å². The predicted molar refractivity (Wildman–Crippen MR) is 99.4 cm³/mol. The Kier molecular flexibility index (Phi) is 5.74. The first kappa shape index (κ1) is 17.9. The molecule has 0 aliphatic rings. The Bertz CT molecular complexity index is 655. The lowest BCUT2D eigenvalue weighted by Gasteiger charge is -2.14. The van der Waals surface area contributed by atoms with Gasteiger partial charge in [-0.15, -0.1) is 0 Å². The van der Waals surface area contributed by atoms with Crippen molar-refractivity contribution in [1.82, 2.24) is 9.88 Å². The zero-order valence-corrected chi connectivity index (χ0v) is 15.7. The summed E-state index contributed by atoms with van der Waals surface area (Å²) in [6.07, 6.45) is 1.27. The summed E-state index contributed by atoms with van der Waals surface area (Å²) < 4.78 is 8.46. The van der Waals surface area contributed by atoms with Crippen LogP contribution in [0.25, 0.3) is 10.9 Å². The second-order valence-electron chi connectivity index (χ2n) is 7.08. The Morgan fingerprint density at radius 1 is 1.13 bits per heavy atom. The fraction of sp³-hybridized carbons (Fsp3) is 0.600. The van der Waals surface area contributed by atoms with E-state index in [2.05, 4.69) is 76.5 Å². The van der Waals surface area contributed by atoms with Gasteiger partial charge in [-0.05, 0) is 57.9 Å². The molecule has 1 N–H and O–H groups in total. The van der Waals surface area contributed by atoms with Crippen LogP contribution < -0.4 is 10.1 Å². The van der Waals surface area contributed by atoms with E-state index in [9.17, 15) is 0 Å². The molecule has 1 unspecified atom stereocenters. The van der Waals surface area contributed by atoms with Gasteiger partial charge >= 0.3 is 0 Å². The molecule has 3 nitrogen and oxygen atoms in total. The standard InChI is InChI=1S/C20H32N2O/c1-8-15(6)23-17-9-10-20-18(11-17)19(12-21-13(2)3)16(7)22(20)14(4)5/h9-11,13-15,21H,8,12H2,1-7H3. The molecule has 0 radical (unpaired) electrons. The number of hydrogen-bond acceptors (Lipinski definition) is 2. The molecular formula is C20H32N2O. The molecule has 3 heteroatoms. The molecule has 1 heterocycles. The van der Waals surface area contributed by atoms with Gasteiger partial charge in [0.05, 0.1) is 6.10 Å². The van der Waals surface area contributed by atoms with Crippen LogP contribution in [0.4, 0.5) is 0 Å². The molecule has 1 atom stereocenters. The summed E-state index contributed by atoms with van der Waals surface area (Å²) in [6.45, 7) is 16.3. The van der Waals surface area contributed by atoms with Crippen molar-refractivity contribution < 1.29 is 4.74 Å². The van der Waals surface area contributed by atoms with Gasteiger partial charge in [0.15, 0.2) is 0 Å². The summed E-state index contributed by atoms with van der Waals surface area (Å²) in [5, 5.41) is 4.87. The molecule has 0 spiro atoms. The minimum absolute atomic E-state index is 0.248. The highest BCUT2D eigenvalue weighted by Crippen LogP contribution is 2.32. The van der Waals surface area contributed by atoms with Crippen LogP contribution in [0, 0.1) is 6.92 Å². The first-order chi connectivity index (χ1) is 10.8. The molecule has 23 heavy (non-hydrogen) atoms. The van der Waals surface area contributed by atoms with E-state index in [0.717, 1.165) is 18.7 Å². The largest absolute Gasteiger partial charge is 0.491 e. The first-order valence-electron chi connectivity index (χ1n) is 8.88. The van der Waals surface area contributed by atoms with Crippen LogP contribution in [0.1, 0.15) is 65.3 Å². The lowest BCUT2D eigenvalue weighted by Crippen LogP contribution is -2.22. The van der Waals surface area contributed by atoms with Gasteiger partial charge < -0.3 is 14.6 Å². The van der Waals surface area contributed by atoms with Crippen LogP contribution in [0.15, 0.2) is 18.2 Å². The lowest BCUT2D eigenvalue weighted by atomic mass is 10.1. The molecule has 0 fully saturated rings. The van der Waals surface area contributed by atoms with Gasteiger partial charge in [-0.25, -0.2) is 0 Å². The number of ether oxygens (including phenoxy) is 1. The molecule has 128 valence electrons. The van der Waals surface area contributed by atoms with Gasteiger partial charge in [-0.2, -0.15) is 0 Å². The van der Waals surface area contributed by atoms with Crippen molar-refractivity contribution in [2.45, 2.75) is 79.6 Å². The maximum absolute atomic E-state index is 6.03. The van der Waals surface area contributed by atoms with Crippen molar-refractivity contribution in [3.63, 3.8) is 0 Å². The van der Waals surface area contributed by atoms with Gasteiger partial charge in [0.1, 0.15) is 5.75 Å². The molecule has 1 aromatic carbocycles. The van der Waals surface area contributed by atoms with Crippen LogP contribution in [0.2, 0.25) is 0 Å². The molecule has 0 saturated heterocycles. The topological polar surface area (TPSA) is 26.2 Å². The smallest absolute Gasteiger partial charge is 0.120 e. The molecule has 0 saturated carbocycles. The third-order valence-corrected chi connectivity index (χ3v) is 4.47. The molecular weight excluding hydrogens is 284 g/mol. The zero-order chi connectivity index (χ0) is 17.1. The van der Waals surface area contributed by atoms with Crippen molar-refractivity contribution in [1.29, 1.82) is 0 Å². The molecule has 1 aromatic heterocycles. The summed E-state index contributed by atoms with van der Waals surface area (Å²) in [6, 6.07) is 7.45. The minimum Gasteiger partial charge on any atom is -0.491 e. The number of nitrogens with one attached hydrogen (secondary N) is 1. The van der Waals surface area contributed by atoms with Crippen molar-refractivity contribution in [2.24, 2.45) is 0 Å². The monoisotopic (exact) mass is 316 g/mol. The Hall–Kier alpha value is -1.48. The summed E-state index contributed by atoms with van der Waals surface area (Å²) in [5.41, 5.74) is 4.04.